The molecule has 2 aromatic carbocycles. The van der Waals surface area contributed by atoms with Crippen LogP contribution in [-0.4, -0.2) is 37.6 Å². The van der Waals surface area contributed by atoms with Gasteiger partial charge in [0.25, 0.3) is 5.91 Å². The Morgan fingerprint density at radius 3 is 2.79 bits per heavy atom. The molecule has 0 radical (unpaired) electrons. The van der Waals surface area contributed by atoms with Crippen molar-refractivity contribution in [2.45, 2.75) is 23.8 Å². The number of thioether (sulfide) groups is 1. The zero-order valence-corrected chi connectivity index (χ0v) is 17.3. The number of anilines is 1. The maximum Gasteiger partial charge on any atom is 0.265 e. The number of benzene rings is 2. The van der Waals surface area contributed by atoms with Gasteiger partial charge in [0, 0.05) is 23.1 Å². The van der Waals surface area contributed by atoms with E-state index in [1.807, 2.05) is 42.5 Å². The van der Waals surface area contributed by atoms with Gasteiger partial charge in [-0.25, -0.2) is 0 Å². The van der Waals surface area contributed by atoms with Gasteiger partial charge < -0.3 is 10.1 Å². The molecule has 0 spiro atoms. The molecular weight excluding hydrogens is 408 g/mol. The van der Waals surface area contributed by atoms with Crippen LogP contribution >= 0.6 is 23.4 Å². The second-order valence-electron chi connectivity index (χ2n) is 6.96. The second-order valence-corrected chi connectivity index (χ2v) is 8.48. The first kappa shape index (κ1) is 20.0. The molecule has 7 heteroatoms. The van der Waals surface area contributed by atoms with Crippen molar-refractivity contribution in [1.29, 1.82) is 0 Å². The number of carbonyl (C=O) groups is 2. The Bertz CT molecular complexity index is 939. The van der Waals surface area contributed by atoms with E-state index in [1.165, 1.54) is 11.8 Å². The van der Waals surface area contributed by atoms with Crippen LogP contribution in [0.1, 0.15) is 18.4 Å². The quantitative estimate of drug-likeness (QED) is 0.728. The maximum absolute atomic E-state index is 13.2. The summed E-state index contributed by atoms with van der Waals surface area (Å²) in [6.07, 6.45) is 3.88. The summed E-state index contributed by atoms with van der Waals surface area (Å²) in [4.78, 5) is 28.7. The number of rotatable bonds is 5. The maximum atomic E-state index is 13.2. The molecule has 0 aliphatic carbocycles. The highest BCUT2D eigenvalue weighted by Gasteiger charge is 2.30. The molecular formula is C22H21ClN2O3S. The Morgan fingerprint density at radius 2 is 2.03 bits per heavy atom. The number of hydrogen-bond donors (Lipinski definition) is 1. The molecule has 29 heavy (non-hydrogen) atoms. The molecule has 0 bridgehead atoms. The number of amides is 2. The minimum absolute atomic E-state index is 0.0267. The van der Waals surface area contributed by atoms with E-state index in [4.69, 9.17) is 16.3 Å². The van der Waals surface area contributed by atoms with Crippen LogP contribution < -0.4 is 10.2 Å². The van der Waals surface area contributed by atoms with Gasteiger partial charge >= 0.3 is 0 Å². The van der Waals surface area contributed by atoms with Crippen molar-refractivity contribution < 1.29 is 14.3 Å². The lowest BCUT2D eigenvalue weighted by molar-refractivity contribution is -0.122. The summed E-state index contributed by atoms with van der Waals surface area (Å²) >= 11 is 7.37. The molecule has 1 saturated heterocycles. The monoisotopic (exact) mass is 428 g/mol. The molecule has 2 amide bonds. The molecule has 2 aliphatic heterocycles. The molecule has 0 aromatic heterocycles. The first-order chi connectivity index (χ1) is 14.1. The number of nitrogens with one attached hydrogen (secondary N) is 1. The molecule has 0 saturated carbocycles. The molecule has 2 aromatic rings. The standard InChI is InChI=1S/C22H21ClN2O3S/c23-16-9-7-15(8-10-16)12-20-22(27)25(18-5-1-2-6-19(18)29-20)14-21(26)24-13-17-4-3-11-28-17/h1-2,5-10,12,17H,3-4,11,13-14H2,(H,24,26)/b20-12-. The highest BCUT2D eigenvalue weighted by molar-refractivity contribution is 8.04. The van der Waals surface area contributed by atoms with E-state index in [9.17, 15) is 9.59 Å². The van der Waals surface area contributed by atoms with Gasteiger partial charge in [-0.2, -0.15) is 0 Å². The number of para-hydroxylation sites is 1. The van der Waals surface area contributed by atoms with Crippen molar-refractivity contribution in [1.82, 2.24) is 5.32 Å². The number of ether oxygens (including phenoxy) is 1. The van der Waals surface area contributed by atoms with Crippen LogP contribution in [0, 0.1) is 0 Å². The van der Waals surface area contributed by atoms with Crippen LogP contribution in [0.25, 0.3) is 6.08 Å². The Balaban J connectivity index is 1.53. The van der Waals surface area contributed by atoms with Crippen LogP contribution in [0.3, 0.4) is 0 Å². The summed E-state index contributed by atoms with van der Waals surface area (Å²) in [5.41, 5.74) is 1.63. The zero-order valence-electron chi connectivity index (χ0n) is 15.8. The third kappa shape index (κ3) is 4.83. The molecule has 2 heterocycles. The summed E-state index contributed by atoms with van der Waals surface area (Å²) in [5, 5.41) is 3.54. The largest absolute Gasteiger partial charge is 0.376 e. The zero-order chi connectivity index (χ0) is 20.2. The third-order valence-corrected chi connectivity index (χ3v) is 6.18. The van der Waals surface area contributed by atoms with Gasteiger partial charge in [-0.15, -0.1) is 0 Å². The molecule has 4 rings (SSSR count). The predicted molar refractivity (Wildman–Crippen MR) is 116 cm³/mol. The topological polar surface area (TPSA) is 58.6 Å². The average Bonchev–Trinajstić information content (AvgIpc) is 3.25. The van der Waals surface area contributed by atoms with E-state index in [2.05, 4.69) is 5.32 Å². The number of hydrogen-bond acceptors (Lipinski definition) is 4. The van der Waals surface area contributed by atoms with Crippen molar-refractivity contribution >= 4 is 46.9 Å². The van der Waals surface area contributed by atoms with Gasteiger partial charge in [0.15, 0.2) is 0 Å². The van der Waals surface area contributed by atoms with Gasteiger partial charge in [-0.1, -0.05) is 47.6 Å². The molecule has 150 valence electrons. The SMILES string of the molecule is O=C(CN1C(=O)/C(=C/c2ccc(Cl)cc2)Sc2ccccc21)NCC1CCCO1. The second kappa shape index (κ2) is 9.03. The van der Waals surface area contributed by atoms with Crippen molar-refractivity contribution in [2.24, 2.45) is 0 Å². The van der Waals surface area contributed by atoms with Gasteiger partial charge in [-0.05, 0) is 48.7 Å². The van der Waals surface area contributed by atoms with E-state index in [0.29, 0.717) is 16.5 Å². The first-order valence-electron chi connectivity index (χ1n) is 9.54. The summed E-state index contributed by atoms with van der Waals surface area (Å²) < 4.78 is 5.55. The Morgan fingerprint density at radius 1 is 1.24 bits per heavy atom. The van der Waals surface area contributed by atoms with Gasteiger partial charge in [0.1, 0.15) is 6.54 Å². The molecule has 1 fully saturated rings. The van der Waals surface area contributed by atoms with Crippen LogP contribution in [0.5, 0.6) is 0 Å². The number of nitrogens with zero attached hydrogens (tertiary/aromatic N) is 1. The molecule has 2 aliphatic rings. The van der Waals surface area contributed by atoms with E-state index in [-0.39, 0.29) is 24.5 Å². The molecule has 1 atom stereocenters. The van der Waals surface area contributed by atoms with Gasteiger partial charge in [0.05, 0.1) is 16.7 Å². The van der Waals surface area contributed by atoms with Crippen LogP contribution in [0.15, 0.2) is 58.3 Å². The van der Waals surface area contributed by atoms with Gasteiger partial charge in [-0.3, -0.25) is 14.5 Å². The summed E-state index contributed by atoms with van der Waals surface area (Å²) in [5.74, 6) is -0.377. The van der Waals surface area contributed by atoms with E-state index >= 15 is 0 Å². The van der Waals surface area contributed by atoms with E-state index in [0.717, 1.165) is 35.6 Å². The Kier molecular flexibility index (Phi) is 6.23. The first-order valence-corrected chi connectivity index (χ1v) is 10.7. The number of halogens is 1. The third-order valence-electron chi connectivity index (χ3n) is 4.85. The Labute approximate surface area is 179 Å². The predicted octanol–water partition coefficient (Wildman–Crippen LogP) is 4.12. The highest BCUT2D eigenvalue weighted by Crippen LogP contribution is 2.41. The smallest absolute Gasteiger partial charge is 0.265 e. The van der Waals surface area contributed by atoms with Crippen LogP contribution in [0.2, 0.25) is 5.02 Å². The van der Waals surface area contributed by atoms with Crippen molar-refractivity contribution in [3.63, 3.8) is 0 Å². The van der Waals surface area contributed by atoms with Crippen LogP contribution in [-0.2, 0) is 14.3 Å². The fourth-order valence-corrected chi connectivity index (χ4v) is 4.55. The van der Waals surface area contributed by atoms with Crippen molar-refractivity contribution in [3.8, 4) is 0 Å². The van der Waals surface area contributed by atoms with E-state index < -0.39 is 0 Å². The fourth-order valence-electron chi connectivity index (χ4n) is 3.36. The Hall–Kier alpha value is -2.28. The fraction of sp³-hybridized carbons (Fsp3) is 0.273. The lowest BCUT2D eigenvalue weighted by Gasteiger charge is -2.30. The summed E-state index contributed by atoms with van der Waals surface area (Å²) in [6.45, 7) is 1.19. The van der Waals surface area contributed by atoms with E-state index in [1.54, 1.807) is 17.0 Å². The molecule has 1 unspecified atom stereocenters. The summed E-state index contributed by atoms with van der Waals surface area (Å²) in [6, 6.07) is 14.9. The summed E-state index contributed by atoms with van der Waals surface area (Å²) in [7, 11) is 0. The minimum atomic E-state index is -0.193. The van der Waals surface area contributed by atoms with Gasteiger partial charge in [0.2, 0.25) is 5.91 Å². The minimum Gasteiger partial charge on any atom is -0.376 e. The highest BCUT2D eigenvalue weighted by atomic mass is 35.5. The normalized spacial score (nSPS) is 20.0. The van der Waals surface area contributed by atoms with Crippen LogP contribution in [0.4, 0.5) is 5.69 Å². The molecule has 5 nitrogen and oxygen atoms in total. The lowest BCUT2D eigenvalue weighted by Crippen LogP contribution is -2.44. The lowest BCUT2D eigenvalue weighted by atomic mass is 10.2. The van der Waals surface area contributed by atoms with Crippen molar-refractivity contribution in [2.75, 3.05) is 24.6 Å². The molecule has 1 N–H and O–H groups in total. The average molecular weight is 429 g/mol. The number of carbonyl (C=O) groups excluding carboxylic acids is 2. The van der Waals surface area contributed by atoms with Crippen molar-refractivity contribution in [3.05, 3.63) is 64.0 Å². The number of fused-ring (bicyclic) bond motifs is 1.